The van der Waals surface area contributed by atoms with Crippen molar-refractivity contribution >= 4 is 17.4 Å². The number of rotatable bonds is 4. The third-order valence-corrected chi connectivity index (χ3v) is 2.31. The molecule has 1 aromatic rings. The number of ketones is 1. The SMILES string of the molecule is COC(C)C(=O)Cc1cccc(Cl)c1. The molecule has 1 aromatic carbocycles. The molecule has 0 saturated heterocycles. The molecule has 0 amide bonds. The van der Waals surface area contributed by atoms with Crippen LogP contribution >= 0.6 is 11.6 Å². The molecule has 76 valence electrons. The quantitative estimate of drug-likeness (QED) is 0.767. The molecule has 0 N–H and O–H groups in total. The van der Waals surface area contributed by atoms with E-state index in [-0.39, 0.29) is 11.9 Å². The van der Waals surface area contributed by atoms with E-state index in [2.05, 4.69) is 0 Å². The van der Waals surface area contributed by atoms with Crippen LogP contribution in [0.5, 0.6) is 0 Å². The standard InChI is InChI=1S/C11H13ClO2/c1-8(14-2)11(13)7-9-4-3-5-10(12)6-9/h3-6,8H,7H2,1-2H3. The van der Waals surface area contributed by atoms with E-state index in [1.54, 1.807) is 19.1 Å². The molecule has 1 rings (SSSR count). The highest BCUT2D eigenvalue weighted by atomic mass is 35.5. The molecular formula is C11H13ClO2. The number of carbonyl (C=O) groups excluding carboxylic acids is 1. The summed E-state index contributed by atoms with van der Waals surface area (Å²) < 4.78 is 4.93. The molecule has 0 saturated carbocycles. The van der Waals surface area contributed by atoms with Gasteiger partial charge in [0.2, 0.25) is 0 Å². The van der Waals surface area contributed by atoms with Crippen molar-refractivity contribution in [1.82, 2.24) is 0 Å². The van der Waals surface area contributed by atoms with Gasteiger partial charge in [-0.2, -0.15) is 0 Å². The molecule has 14 heavy (non-hydrogen) atoms. The average molecular weight is 213 g/mol. The zero-order valence-corrected chi connectivity index (χ0v) is 9.04. The van der Waals surface area contributed by atoms with E-state index in [9.17, 15) is 4.79 Å². The summed E-state index contributed by atoms with van der Waals surface area (Å²) in [5.41, 5.74) is 0.923. The molecular weight excluding hydrogens is 200 g/mol. The summed E-state index contributed by atoms with van der Waals surface area (Å²) in [6, 6.07) is 7.30. The third kappa shape index (κ3) is 3.13. The molecule has 0 aliphatic rings. The predicted molar refractivity (Wildman–Crippen MR) is 56.6 cm³/mol. The van der Waals surface area contributed by atoms with Gasteiger partial charge < -0.3 is 4.74 Å². The molecule has 0 aliphatic carbocycles. The van der Waals surface area contributed by atoms with Gasteiger partial charge in [-0.05, 0) is 24.6 Å². The molecule has 3 heteroatoms. The van der Waals surface area contributed by atoms with Crippen LogP contribution in [0.15, 0.2) is 24.3 Å². The van der Waals surface area contributed by atoms with Crippen LogP contribution in [0.1, 0.15) is 12.5 Å². The van der Waals surface area contributed by atoms with E-state index in [4.69, 9.17) is 16.3 Å². The minimum Gasteiger partial charge on any atom is -0.374 e. The monoisotopic (exact) mass is 212 g/mol. The van der Waals surface area contributed by atoms with Crippen LogP contribution in [0.3, 0.4) is 0 Å². The lowest BCUT2D eigenvalue weighted by Gasteiger charge is -2.07. The Bertz CT molecular complexity index is 323. The Hall–Kier alpha value is -0.860. The fourth-order valence-electron chi connectivity index (χ4n) is 1.12. The summed E-state index contributed by atoms with van der Waals surface area (Å²) >= 11 is 5.80. The van der Waals surface area contributed by atoms with E-state index in [0.29, 0.717) is 11.4 Å². The predicted octanol–water partition coefficient (Wildman–Crippen LogP) is 2.49. The van der Waals surface area contributed by atoms with Crippen LogP contribution in [0.25, 0.3) is 0 Å². The van der Waals surface area contributed by atoms with Gasteiger partial charge in [0.1, 0.15) is 6.10 Å². The Labute approximate surface area is 88.8 Å². The molecule has 1 atom stereocenters. The van der Waals surface area contributed by atoms with Crippen molar-refractivity contribution in [2.75, 3.05) is 7.11 Å². The topological polar surface area (TPSA) is 26.3 Å². The van der Waals surface area contributed by atoms with Gasteiger partial charge in [0.05, 0.1) is 0 Å². The Balaban J connectivity index is 2.65. The van der Waals surface area contributed by atoms with Gasteiger partial charge in [0.25, 0.3) is 0 Å². The Morgan fingerprint density at radius 3 is 2.86 bits per heavy atom. The summed E-state index contributed by atoms with van der Waals surface area (Å²) in [5.74, 6) is 0.0646. The second kappa shape index (κ2) is 5.13. The lowest BCUT2D eigenvalue weighted by atomic mass is 10.1. The highest BCUT2D eigenvalue weighted by Gasteiger charge is 2.11. The van der Waals surface area contributed by atoms with Gasteiger partial charge in [-0.25, -0.2) is 0 Å². The molecule has 0 heterocycles. The number of hydrogen-bond acceptors (Lipinski definition) is 2. The van der Waals surface area contributed by atoms with Crippen LogP contribution in [-0.2, 0) is 16.0 Å². The van der Waals surface area contributed by atoms with E-state index < -0.39 is 0 Å². The smallest absolute Gasteiger partial charge is 0.165 e. The highest BCUT2D eigenvalue weighted by Crippen LogP contribution is 2.12. The first kappa shape index (κ1) is 11.2. The molecule has 0 bridgehead atoms. The fraction of sp³-hybridized carbons (Fsp3) is 0.364. The van der Waals surface area contributed by atoms with Crippen molar-refractivity contribution in [2.24, 2.45) is 0 Å². The minimum absolute atomic E-state index is 0.0646. The Morgan fingerprint density at radius 2 is 2.29 bits per heavy atom. The van der Waals surface area contributed by atoms with Crippen LogP contribution < -0.4 is 0 Å². The van der Waals surface area contributed by atoms with Gasteiger partial charge in [-0.15, -0.1) is 0 Å². The van der Waals surface area contributed by atoms with Crippen molar-refractivity contribution in [3.05, 3.63) is 34.9 Å². The second-order valence-electron chi connectivity index (χ2n) is 3.15. The third-order valence-electron chi connectivity index (χ3n) is 2.07. The highest BCUT2D eigenvalue weighted by molar-refractivity contribution is 6.30. The maximum absolute atomic E-state index is 11.5. The fourth-order valence-corrected chi connectivity index (χ4v) is 1.34. The second-order valence-corrected chi connectivity index (χ2v) is 3.59. The van der Waals surface area contributed by atoms with E-state index in [0.717, 1.165) is 5.56 Å². The van der Waals surface area contributed by atoms with Crippen molar-refractivity contribution in [3.8, 4) is 0 Å². The largest absolute Gasteiger partial charge is 0.374 e. The Morgan fingerprint density at radius 1 is 1.57 bits per heavy atom. The molecule has 0 radical (unpaired) electrons. The minimum atomic E-state index is -0.353. The molecule has 0 spiro atoms. The average Bonchev–Trinajstić information content (AvgIpc) is 2.16. The lowest BCUT2D eigenvalue weighted by molar-refractivity contribution is -0.127. The molecule has 1 unspecified atom stereocenters. The van der Waals surface area contributed by atoms with E-state index in [1.807, 2.05) is 12.1 Å². The lowest BCUT2D eigenvalue weighted by Crippen LogP contribution is -2.20. The summed E-state index contributed by atoms with van der Waals surface area (Å²) in [7, 11) is 1.53. The first-order chi connectivity index (χ1) is 6.63. The maximum Gasteiger partial charge on any atom is 0.165 e. The molecule has 2 nitrogen and oxygen atoms in total. The number of Topliss-reactive ketones (excluding diaryl/α,β-unsaturated/α-hetero) is 1. The van der Waals surface area contributed by atoms with E-state index in [1.165, 1.54) is 7.11 Å². The van der Waals surface area contributed by atoms with Crippen molar-refractivity contribution in [3.63, 3.8) is 0 Å². The number of carbonyl (C=O) groups is 1. The zero-order valence-electron chi connectivity index (χ0n) is 8.29. The summed E-state index contributed by atoms with van der Waals surface area (Å²) in [6.45, 7) is 1.74. The number of halogens is 1. The van der Waals surface area contributed by atoms with Gasteiger partial charge in [-0.1, -0.05) is 23.7 Å². The summed E-state index contributed by atoms with van der Waals surface area (Å²) in [4.78, 5) is 11.5. The van der Waals surface area contributed by atoms with Gasteiger partial charge in [0.15, 0.2) is 5.78 Å². The van der Waals surface area contributed by atoms with Crippen LogP contribution in [0.4, 0.5) is 0 Å². The van der Waals surface area contributed by atoms with Crippen LogP contribution in [0.2, 0.25) is 5.02 Å². The number of methoxy groups -OCH3 is 1. The Kier molecular flexibility index (Phi) is 4.11. The van der Waals surface area contributed by atoms with Crippen molar-refractivity contribution in [1.29, 1.82) is 0 Å². The van der Waals surface area contributed by atoms with Crippen LogP contribution in [0, 0.1) is 0 Å². The first-order valence-corrected chi connectivity index (χ1v) is 4.81. The van der Waals surface area contributed by atoms with Crippen molar-refractivity contribution < 1.29 is 9.53 Å². The summed E-state index contributed by atoms with van der Waals surface area (Å²) in [5, 5.41) is 0.653. The maximum atomic E-state index is 11.5. The van der Waals surface area contributed by atoms with Gasteiger partial charge in [-0.3, -0.25) is 4.79 Å². The molecule has 0 fully saturated rings. The summed E-state index contributed by atoms with van der Waals surface area (Å²) in [6.07, 6.45) is 0.0178. The number of ether oxygens (including phenoxy) is 1. The molecule has 0 aliphatic heterocycles. The van der Waals surface area contributed by atoms with E-state index >= 15 is 0 Å². The molecule has 0 aromatic heterocycles. The number of benzene rings is 1. The van der Waals surface area contributed by atoms with Gasteiger partial charge >= 0.3 is 0 Å². The normalized spacial score (nSPS) is 12.5. The van der Waals surface area contributed by atoms with Gasteiger partial charge in [0, 0.05) is 18.6 Å². The zero-order chi connectivity index (χ0) is 10.6. The van der Waals surface area contributed by atoms with Crippen LogP contribution in [-0.4, -0.2) is 19.0 Å². The van der Waals surface area contributed by atoms with Crippen molar-refractivity contribution in [2.45, 2.75) is 19.4 Å². The first-order valence-electron chi connectivity index (χ1n) is 4.43. The number of hydrogen-bond donors (Lipinski definition) is 0.